The van der Waals surface area contributed by atoms with Crippen molar-refractivity contribution < 1.29 is 9.53 Å². The molecule has 5 nitrogen and oxygen atoms in total. The summed E-state index contributed by atoms with van der Waals surface area (Å²) in [7, 11) is 1.68. The lowest BCUT2D eigenvalue weighted by Gasteiger charge is -2.30. The minimum atomic E-state index is 0.130. The first-order valence-corrected chi connectivity index (χ1v) is 7.97. The van der Waals surface area contributed by atoms with Crippen molar-refractivity contribution >= 4 is 5.91 Å². The average molecular weight is 285 g/mol. The van der Waals surface area contributed by atoms with E-state index in [2.05, 4.69) is 22.5 Å². The Morgan fingerprint density at radius 3 is 2.95 bits per heavy atom. The van der Waals surface area contributed by atoms with Gasteiger partial charge in [-0.1, -0.05) is 13.3 Å². The highest BCUT2D eigenvalue weighted by Crippen LogP contribution is 2.08. The molecule has 2 N–H and O–H groups in total. The Morgan fingerprint density at radius 2 is 2.30 bits per heavy atom. The van der Waals surface area contributed by atoms with Crippen molar-refractivity contribution in [2.45, 2.75) is 45.1 Å². The number of nitrogens with one attached hydrogen (secondary N) is 2. The second kappa shape index (κ2) is 11.1. The molecule has 0 spiro atoms. The van der Waals surface area contributed by atoms with Crippen molar-refractivity contribution in [2.24, 2.45) is 0 Å². The van der Waals surface area contributed by atoms with Gasteiger partial charge in [0.15, 0.2) is 0 Å². The highest BCUT2D eigenvalue weighted by atomic mass is 16.5. The molecule has 1 aliphatic rings. The number of carbonyl (C=O) groups excluding carboxylic acids is 1. The number of carbonyl (C=O) groups is 1. The molecule has 1 heterocycles. The maximum absolute atomic E-state index is 11.9. The van der Waals surface area contributed by atoms with Gasteiger partial charge in [-0.3, -0.25) is 9.69 Å². The van der Waals surface area contributed by atoms with Gasteiger partial charge in [0, 0.05) is 32.8 Å². The van der Waals surface area contributed by atoms with Gasteiger partial charge < -0.3 is 15.4 Å². The molecule has 118 valence electrons. The Hall–Kier alpha value is -0.650. The molecule has 0 aliphatic carbocycles. The van der Waals surface area contributed by atoms with Crippen molar-refractivity contribution in [3.63, 3.8) is 0 Å². The minimum Gasteiger partial charge on any atom is -0.385 e. The molecule has 1 unspecified atom stereocenters. The summed E-state index contributed by atoms with van der Waals surface area (Å²) < 4.78 is 4.97. The number of piperidine rings is 1. The Morgan fingerprint density at radius 1 is 1.45 bits per heavy atom. The SMILES string of the molecule is CCCN(CC(=O)NCCCOC)CC1CCCCN1. The van der Waals surface area contributed by atoms with Crippen molar-refractivity contribution in [1.29, 1.82) is 0 Å². The molecule has 0 radical (unpaired) electrons. The van der Waals surface area contributed by atoms with Crippen LogP contribution in [-0.2, 0) is 9.53 Å². The fourth-order valence-corrected chi connectivity index (χ4v) is 2.65. The summed E-state index contributed by atoms with van der Waals surface area (Å²) in [4.78, 5) is 14.2. The average Bonchev–Trinajstić information content (AvgIpc) is 2.45. The number of nitrogens with zero attached hydrogens (tertiary/aromatic N) is 1. The lowest BCUT2D eigenvalue weighted by Crippen LogP contribution is -2.47. The maximum Gasteiger partial charge on any atom is 0.234 e. The van der Waals surface area contributed by atoms with Crippen LogP contribution in [-0.4, -0.2) is 63.3 Å². The summed E-state index contributed by atoms with van der Waals surface area (Å²) in [5, 5.41) is 6.51. The second-order valence-electron chi connectivity index (χ2n) is 5.58. The topological polar surface area (TPSA) is 53.6 Å². The first kappa shape index (κ1) is 17.4. The Bertz CT molecular complexity index is 256. The van der Waals surface area contributed by atoms with Gasteiger partial charge in [-0.25, -0.2) is 0 Å². The minimum absolute atomic E-state index is 0.130. The fourth-order valence-electron chi connectivity index (χ4n) is 2.65. The molecule has 1 rings (SSSR count). The predicted molar refractivity (Wildman–Crippen MR) is 81.9 cm³/mol. The first-order valence-electron chi connectivity index (χ1n) is 7.97. The van der Waals surface area contributed by atoms with E-state index in [1.165, 1.54) is 19.3 Å². The van der Waals surface area contributed by atoms with E-state index < -0.39 is 0 Å². The molecular formula is C15H31N3O2. The third-order valence-corrected chi connectivity index (χ3v) is 3.65. The van der Waals surface area contributed by atoms with Gasteiger partial charge in [0.2, 0.25) is 5.91 Å². The number of rotatable bonds is 10. The molecule has 1 fully saturated rings. The van der Waals surface area contributed by atoms with Gasteiger partial charge in [-0.2, -0.15) is 0 Å². The van der Waals surface area contributed by atoms with Crippen LogP contribution in [0, 0.1) is 0 Å². The summed E-state index contributed by atoms with van der Waals surface area (Å²) in [5.74, 6) is 0.130. The van der Waals surface area contributed by atoms with Gasteiger partial charge >= 0.3 is 0 Å². The standard InChI is InChI=1S/C15H31N3O2/c1-3-10-18(12-14-7-4-5-8-16-14)13-15(19)17-9-6-11-20-2/h14,16H,3-13H2,1-2H3,(H,17,19). The molecule has 1 amide bonds. The van der Waals surface area contributed by atoms with E-state index in [1.807, 2.05) is 0 Å². The smallest absolute Gasteiger partial charge is 0.234 e. The van der Waals surface area contributed by atoms with E-state index in [9.17, 15) is 4.79 Å². The first-order chi connectivity index (χ1) is 9.76. The summed E-state index contributed by atoms with van der Waals surface area (Å²) in [6.07, 6.45) is 5.78. The lowest BCUT2D eigenvalue weighted by molar-refractivity contribution is -0.122. The summed E-state index contributed by atoms with van der Waals surface area (Å²) in [6.45, 7) is 7.17. The van der Waals surface area contributed by atoms with E-state index in [-0.39, 0.29) is 5.91 Å². The van der Waals surface area contributed by atoms with Gasteiger partial charge in [0.1, 0.15) is 0 Å². The molecule has 0 saturated carbocycles. The van der Waals surface area contributed by atoms with Crippen LogP contribution in [0.3, 0.4) is 0 Å². The Balaban J connectivity index is 2.24. The molecule has 1 saturated heterocycles. The van der Waals surface area contributed by atoms with E-state index in [4.69, 9.17) is 4.74 Å². The van der Waals surface area contributed by atoms with Crippen LogP contribution in [0.4, 0.5) is 0 Å². The van der Waals surface area contributed by atoms with Crippen molar-refractivity contribution in [1.82, 2.24) is 15.5 Å². The van der Waals surface area contributed by atoms with Gasteiger partial charge in [-0.15, -0.1) is 0 Å². The largest absolute Gasteiger partial charge is 0.385 e. The number of methoxy groups -OCH3 is 1. The highest BCUT2D eigenvalue weighted by Gasteiger charge is 2.17. The summed E-state index contributed by atoms with van der Waals surface area (Å²) in [5.41, 5.74) is 0. The number of amides is 1. The molecule has 20 heavy (non-hydrogen) atoms. The van der Waals surface area contributed by atoms with Crippen LogP contribution in [0.2, 0.25) is 0 Å². The molecule has 0 bridgehead atoms. The number of hydrogen-bond donors (Lipinski definition) is 2. The Labute approximate surface area is 123 Å². The molecule has 0 aromatic carbocycles. The van der Waals surface area contributed by atoms with Gasteiger partial charge in [-0.05, 0) is 38.8 Å². The van der Waals surface area contributed by atoms with E-state index in [1.54, 1.807) is 7.11 Å². The number of hydrogen-bond acceptors (Lipinski definition) is 4. The normalized spacial score (nSPS) is 19.2. The Kier molecular flexibility index (Phi) is 9.62. The monoisotopic (exact) mass is 285 g/mol. The van der Waals surface area contributed by atoms with E-state index in [0.29, 0.717) is 25.7 Å². The van der Waals surface area contributed by atoms with Crippen LogP contribution in [0.15, 0.2) is 0 Å². The zero-order valence-electron chi connectivity index (χ0n) is 13.1. The summed E-state index contributed by atoms with van der Waals surface area (Å²) >= 11 is 0. The maximum atomic E-state index is 11.9. The number of ether oxygens (including phenoxy) is 1. The van der Waals surface area contributed by atoms with E-state index >= 15 is 0 Å². The van der Waals surface area contributed by atoms with Crippen LogP contribution in [0.1, 0.15) is 39.0 Å². The predicted octanol–water partition coefficient (Wildman–Crippen LogP) is 0.993. The molecule has 0 aromatic heterocycles. The zero-order valence-corrected chi connectivity index (χ0v) is 13.1. The third kappa shape index (κ3) is 7.82. The molecule has 5 heteroatoms. The van der Waals surface area contributed by atoms with Gasteiger partial charge in [0.05, 0.1) is 6.54 Å². The fraction of sp³-hybridized carbons (Fsp3) is 0.933. The molecular weight excluding hydrogens is 254 g/mol. The molecule has 0 aromatic rings. The third-order valence-electron chi connectivity index (χ3n) is 3.65. The van der Waals surface area contributed by atoms with Crippen LogP contribution in [0.25, 0.3) is 0 Å². The zero-order chi connectivity index (χ0) is 14.6. The van der Waals surface area contributed by atoms with Gasteiger partial charge in [0.25, 0.3) is 0 Å². The molecule has 1 aliphatic heterocycles. The highest BCUT2D eigenvalue weighted by molar-refractivity contribution is 5.77. The summed E-state index contributed by atoms with van der Waals surface area (Å²) in [6, 6.07) is 0.552. The lowest BCUT2D eigenvalue weighted by atomic mass is 10.0. The van der Waals surface area contributed by atoms with Crippen LogP contribution < -0.4 is 10.6 Å². The second-order valence-corrected chi connectivity index (χ2v) is 5.58. The van der Waals surface area contributed by atoms with Crippen molar-refractivity contribution in [3.8, 4) is 0 Å². The van der Waals surface area contributed by atoms with Crippen LogP contribution >= 0.6 is 0 Å². The van der Waals surface area contributed by atoms with Crippen molar-refractivity contribution in [3.05, 3.63) is 0 Å². The quantitative estimate of drug-likeness (QED) is 0.588. The van der Waals surface area contributed by atoms with Crippen LogP contribution in [0.5, 0.6) is 0 Å². The van der Waals surface area contributed by atoms with Crippen molar-refractivity contribution in [2.75, 3.05) is 46.4 Å². The van der Waals surface area contributed by atoms with E-state index in [0.717, 1.165) is 32.5 Å². The molecule has 1 atom stereocenters.